The van der Waals surface area contributed by atoms with Crippen LogP contribution in [0.1, 0.15) is 49.9 Å². The predicted octanol–water partition coefficient (Wildman–Crippen LogP) is 4.59. The molecule has 0 saturated heterocycles. The van der Waals surface area contributed by atoms with Crippen molar-refractivity contribution in [1.29, 1.82) is 0 Å². The van der Waals surface area contributed by atoms with Gasteiger partial charge in [-0.15, -0.1) is 0 Å². The average molecular weight is 371 g/mol. The van der Waals surface area contributed by atoms with Crippen LogP contribution in [0.5, 0.6) is 11.5 Å². The predicted molar refractivity (Wildman–Crippen MR) is 108 cm³/mol. The molecule has 0 spiro atoms. The molecule has 6 heteroatoms. The average Bonchev–Trinajstić information content (AvgIpc) is 2.68. The zero-order valence-corrected chi connectivity index (χ0v) is 16.1. The molecule has 0 radical (unpaired) electrons. The number of carboxylic acids is 1. The van der Waals surface area contributed by atoms with Crippen molar-refractivity contribution in [2.45, 2.75) is 39.5 Å². The molecule has 2 aromatic rings. The van der Waals surface area contributed by atoms with E-state index in [1.165, 1.54) is 0 Å². The third-order valence-electron chi connectivity index (χ3n) is 4.02. The Kier molecular flexibility index (Phi) is 8.61. The minimum atomic E-state index is -0.968. The highest BCUT2D eigenvalue weighted by atomic mass is 16.5. The minimum Gasteiger partial charge on any atom is -0.478 e. The van der Waals surface area contributed by atoms with Crippen LogP contribution in [0.15, 0.2) is 48.5 Å². The van der Waals surface area contributed by atoms with Crippen LogP contribution >= 0.6 is 0 Å². The summed E-state index contributed by atoms with van der Waals surface area (Å²) in [6.45, 7) is 5.81. The SMILES string of the molecule is CCCCNN(NCCCC)c1cc(C(=O)O)ccc1Oc1ccccc1. The van der Waals surface area contributed by atoms with Crippen LogP contribution in [0.2, 0.25) is 0 Å². The molecule has 0 heterocycles. The zero-order chi connectivity index (χ0) is 19.5. The lowest BCUT2D eigenvalue weighted by Crippen LogP contribution is -2.49. The Balaban J connectivity index is 2.32. The Morgan fingerprint density at radius 3 is 2.19 bits per heavy atom. The molecule has 2 rings (SSSR count). The number of nitrogens with one attached hydrogen (secondary N) is 2. The molecule has 0 fully saturated rings. The van der Waals surface area contributed by atoms with Crippen LogP contribution in [-0.2, 0) is 0 Å². The third-order valence-corrected chi connectivity index (χ3v) is 4.02. The lowest BCUT2D eigenvalue weighted by Gasteiger charge is -2.28. The summed E-state index contributed by atoms with van der Waals surface area (Å²) in [5.41, 5.74) is 7.53. The number of benzene rings is 2. The molecule has 0 unspecified atom stereocenters. The second kappa shape index (κ2) is 11.2. The summed E-state index contributed by atoms with van der Waals surface area (Å²) in [6, 6.07) is 14.3. The molecular formula is C21H29N3O3. The molecule has 0 aliphatic carbocycles. The Morgan fingerprint density at radius 2 is 1.63 bits per heavy atom. The third kappa shape index (κ3) is 6.58. The fourth-order valence-electron chi connectivity index (χ4n) is 2.49. The summed E-state index contributed by atoms with van der Waals surface area (Å²) in [7, 11) is 0. The molecule has 27 heavy (non-hydrogen) atoms. The Hall–Kier alpha value is -2.57. The van der Waals surface area contributed by atoms with Crippen molar-refractivity contribution in [3.63, 3.8) is 0 Å². The van der Waals surface area contributed by atoms with E-state index in [0.717, 1.165) is 38.8 Å². The van der Waals surface area contributed by atoms with Crippen molar-refractivity contribution in [2.75, 3.05) is 18.2 Å². The first kappa shape index (κ1) is 20.7. The summed E-state index contributed by atoms with van der Waals surface area (Å²) in [6.07, 6.45) is 4.16. The van der Waals surface area contributed by atoms with E-state index in [4.69, 9.17) is 4.74 Å². The summed E-state index contributed by atoms with van der Waals surface area (Å²) in [5, 5.41) is 11.2. The van der Waals surface area contributed by atoms with Crippen molar-refractivity contribution in [3.05, 3.63) is 54.1 Å². The minimum absolute atomic E-state index is 0.213. The summed E-state index contributed by atoms with van der Waals surface area (Å²) < 4.78 is 6.02. The highest BCUT2D eigenvalue weighted by Crippen LogP contribution is 2.32. The van der Waals surface area contributed by atoms with E-state index in [-0.39, 0.29) is 5.56 Å². The van der Waals surface area contributed by atoms with E-state index in [1.807, 2.05) is 30.3 Å². The van der Waals surface area contributed by atoms with Gasteiger partial charge in [-0.05, 0) is 43.2 Å². The van der Waals surface area contributed by atoms with Gasteiger partial charge in [0.05, 0.1) is 5.56 Å². The molecule has 146 valence electrons. The van der Waals surface area contributed by atoms with E-state index in [2.05, 4.69) is 24.7 Å². The number of carbonyl (C=O) groups is 1. The molecule has 2 aromatic carbocycles. The van der Waals surface area contributed by atoms with Gasteiger partial charge in [0, 0.05) is 13.1 Å². The number of hydrazine groups is 2. The Bertz CT molecular complexity index is 697. The van der Waals surface area contributed by atoms with Crippen LogP contribution in [0.4, 0.5) is 5.69 Å². The number of anilines is 1. The molecule has 0 saturated carbocycles. The molecule has 0 aromatic heterocycles. The molecule has 0 aliphatic rings. The van der Waals surface area contributed by atoms with Crippen LogP contribution in [0.25, 0.3) is 0 Å². The van der Waals surface area contributed by atoms with Gasteiger partial charge in [0.25, 0.3) is 0 Å². The van der Waals surface area contributed by atoms with Gasteiger partial charge in [-0.2, -0.15) is 0 Å². The molecule has 0 aliphatic heterocycles. The van der Waals surface area contributed by atoms with Crippen molar-refractivity contribution >= 4 is 11.7 Å². The normalized spacial score (nSPS) is 10.6. The maximum atomic E-state index is 11.5. The monoisotopic (exact) mass is 371 g/mol. The second-order valence-electron chi connectivity index (χ2n) is 6.26. The number of hydrogen-bond donors (Lipinski definition) is 3. The highest BCUT2D eigenvalue weighted by Gasteiger charge is 2.16. The van der Waals surface area contributed by atoms with Crippen LogP contribution in [0, 0.1) is 0 Å². The second-order valence-corrected chi connectivity index (χ2v) is 6.26. The zero-order valence-electron chi connectivity index (χ0n) is 16.1. The molecule has 0 bridgehead atoms. The Labute approximate surface area is 161 Å². The maximum absolute atomic E-state index is 11.5. The van der Waals surface area contributed by atoms with Gasteiger partial charge < -0.3 is 9.84 Å². The van der Waals surface area contributed by atoms with Gasteiger partial charge in [-0.25, -0.2) is 20.8 Å². The van der Waals surface area contributed by atoms with Gasteiger partial charge in [-0.3, -0.25) is 0 Å². The lowest BCUT2D eigenvalue weighted by atomic mass is 10.2. The van der Waals surface area contributed by atoms with E-state index >= 15 is 0 Å². The smallest absolute Gasteiger partial charge is 0.335 e. The number of nitrogens with zero attached hydrogens (tertiary/aromatic N) is 1. The fourth-order valence-corrected chi connectivity index (χ4v) is 2.49. The van der Waals surface area contributed by atoms with Gasteiger partial charge >= 0.3 is 5.97 Å². The van der Waals surface area contributed by atoms with Crippen molar-refractivity contribution < 1.29 is 14.6 Å². The maximum Gasteiger partial charge on any atom is 0.335 e. The number of carboxylic acid groups (broad SMARTS) is 1. The number of unbranched alkanes of at least 4 members (excludes halogenated alkanes) is 2. The molecule has 3 N–H and O–H groups in total. The van der Waals surface area contributed by atoms with E-state index in [1.54, 1.807) is 23.3 Å². The van der Waals surface area contributed by atoms with Crippen molar-refractivity contribution in [1.82, 2.24) is 10.9 Å². The summed E-state index contributed by atoms with van der Waals surface area (Å²) in [4.78, 5) is 11.5. The van der Waals surface area contributed by atoms with Crippen LogP contribution in [0.3, 0.4) is 0 Å². The van der Waals surface area contributed by atoms with Gasteiger partial charge in [0.2, 0.25) is 0 Å². The largest absolute Gasteiger partial charge is 0.478 e. The summed E-state index contributed by atoms with van der Waals surface area (Å²) >= 11 is 0. The number of hydrogen-bond acceptors (Lipinski definition) is 5. The lowest BCUT2D eigenvalue weighted by molar-refractivity contribution is 0.0697. The molecule has 6 nitrogen and oxygen atoms in total. The molecule has 0 atom stereocenters. The quantitative estimate of drug-likeness (QED) is 0.374. The highest BCUT2D eigenvalue weighted by molar-refractivity contribution is 5.89. The number of aromatic carboxylic acids is 1. The van der Waals surface area contributed by atoms with E-state index < -0.39 is 5.97 Å². The standard InChI is InChI=1S/C21H29N3O3/c1-3-5-14-22-24(23-15-6-4-2)19-16-17(21(25)26)12-13-20(19)27-18-10-8-7-9-11-18/h7-13,16,22-23H,3-6,14-15H2,1-2H3,(H,25,26). The first-order chi connectivity index (χ1) is 13.2. The number of ether oxygens (including phenoxy) is 1. The van der Waals surface area contributed by atoms with Gasteiger partial charge in [0.15, 0.2) is 5.75 Å². The first-order valence-electron chi connectivity index (χ1n) is 9.53. The Morgan fingerprint density at radius 1 is 1.00 bits per heavy atom. The first-order valence-corrected chi connectivity index (χ1v) is 9.53. The van der Waals surface area contributed by atoms with Crippen molar-refractivity contribution in [2.24, 2.45) is 0 Å². The molecule has 0 amide bonds. The van der Waals surface area contributed by atoms with Crippen LogP contribution < -0.4 is 20.7 Å². The van der Waals surface area contributed by atoms with E-state index in [9.17, 15) is 9.90 Å². The van der Waals surface area contributed by atoms with Crippen LogP contribution in [-0.4, -0.2) is 24.2 Å². The molecular weight excluding hydrogens is 342 g/mol. The van der Waals surface area contributed by atoms with Gasteiger partial charge in [-0.1, -0.05) is 44.9 Å². The topological polar surface area (TPSA) is 73.8 Å². The van der Waals surface area contributed by atoms with Gasteiger partial charge in [0.1, 0.15) is 11.4 Å². The van der Waals surface area contributed by atoms with E-state index in [0.29, 0.717) is 17.2 Å². The number of para-hydroxylation sites is 1. The van der Waals surface area contributed by atoms with Crippen molar-refractivity contribution in [3.8, 4) is 11.5 Å². The fraction of sp³-hybridized carbons (Fsp3) is 0.381. The number of rotatable bonds is 12. The summed E-state index contributed by atoms with van der Waals surface area (Å²) in [5.74, 6) is 0.313.